The maximum Gasteiger partial charge on any atom is 0.309 e. The van der Waals surface area contributed by atoms with Crippen molar-refractivity contribution in [3.8, 4) is 0 Å². The summed E-state index contributed by atoms with van der Waals surface area (Å²) < 4.78 is 6.97. The first-order valence-corrected chi connectivity index (χ1v) is 8.69. The average Bonchev–Trinajstić information content (AvgIpc) is 3.17. The minimum Gasteiger partial charge on any atom is -0.481 e. The van der Waals surface area contributed by atoms with Crippen LogP contribution in [0, 0.1) is 0 Å². The maximum absolute atomic E-state index is 12.6. The molecule has 0 amide bonds. The lowest BCUT2D eigenvalue weighted by Gasteiger charge is -2.06. The van der Waals surface area contributed by atoms with Gasteiger partial charge in [0.2, 0.25) is 0 Å². The molecule has 6 nitrogen and oxygen atoms in total. The molecule has 3 heterocycles. The van der Waals surface area contributed by atoms with Gasteiger partial charge in [0.15, 0.2) is 0 Å². The molecule has 0 aliphatic heterocycles. The van der Waals surface area contributed by atoms with Gasteiger partial charge in [-0.1, -0.05) is 11.6 Å². The normalized spacial score (nSPS) is 11.4. The van der Waals surface area contributed by atoms with Crippen LogP contribution in [0.25, 0.3) is 21.7 Å². The fourth-order valence-electron chi connectivity index (χ4n) is 2.75. The Morgan fingerprint density at radius 3 is 2.88 bits per heavy atom. The number of carboxylic acids is 1. The van der Waals surface area contributed by atoms with Crippen LogP contribution in [-0.2, 0) is 17.8 Å². The molecule has 4 rings (SSSR count). The number of fused-ring (bicyclic) bond motifs is 2. The van der Waals surface area contributed by atoms with Crippen molar-refractivity contribution < 1.29 is 14.3 Å². The van der Waals surface area contributed by atoms with Crippen molar-refractivity contribution in [3.63, 3.8) is 0 Å². The Morgan fingerprint density at radius 2 is 2.08 bits per heavy atom. The molecule has 0 aliphatic rings. The van der Waals surface area contributed by atoms with E-state index in [1.54, 1.807) is 35.0 Å². The summed E-state index contributed by atoms with van der Waals surface area (Å²) in [6.07, 6.45) is -0.247. The number of rotatable bonds is 4. The van der Waals surface area contributed by atoms with Crippen molar-refractivity contribution in [2.45, 2.75) is 13.0 Å². The van der Waals surface area contributed by atoms with Gasteiger partial charge in [0.05, 0.1) is 17.5 Å². The Labute approximate surface area is 149 Å². The van der Waals surface area contributed by atoms with Crippen LogP contribution >= 0.6 is 22.9 Å². The van der Waals surface area contributed by atoms with Crippen LogP contribution in [0.1, 0.15) is 11.5 Å². The molecular formula is C17H11ClN2O4S. The van der Waals surface area contributed by atoms with Crippen LogP contribution < -0.4 is 5.56 Å². The zero-order valence-electron chi connectivity index (χ0n) is 12.7. The number of carbonyl (C=O) groups is 1. The fourth-order valence-corrected chi connectivity index (χ4v) is 3.76. The number of thiophene rings is 1. The number of benzene rings is 1. The van der Waals surface area contributed by atoms with Gasteiger partial charge in [0, 0.05) is 26.6 Å². The Bertz CT molecular complexity index is 1170. The molecular weight excluding hydrogens is 364 g/mol. The Kier molecular flexibility index (Phi) is 3.82. The Balaban J connectivity index is 1.80. The first kappa shape index (κ1) is 15.9. The van der Waals surface area contributed by atoms with Crippen molar-refractivity contribution in [3.05, 3.63) is 61.9 Å². The largest absolute Gasteiger partial charge is 0.481 e. The number of aliphatic carboxylic acids is 1. The average molecular weight is 375 g/mol. The monoisotopic (exact) mass is 374 g/mol. The molecule has 0 unspecified atom stereocenters. The van der Waals surface area contributed by atoms with Gasteiger partial charge in [-0.2, -0.15) is 16.4 Å². The zero-order chi connectivity index (χ0) is 17.6. The first-order chi connectivity index (χ1) is 12.0. The molecule has 0 fully saturated rings. The smallest absolute Gasteiger partial charge is 0.309 e. The molecule has 0 aliphatic carbocycles. The SMILES string of the molecule is O=C(O)Cc1nn(Cc2cc3cc(Cl)ccc3o2)c(=O)c2cscc12. The molecule has 126 valence electrons. The third-order valence-electron chi connectivity index (χ3n) is 3.83. The molecule has 0 saturated heterocycles. The first-order valence-electron chi connectivity index (χ1n) is 7.37. The lowest BCUT2D eigenvalue weighted by atomic mass is 10.2. The third-order valence-corrected chi connectivity index (χ3v) is 4.81. The number of furan rings is 1. The molecule has 0 atom stereocenters. The minimum atomic E-state index is -0.997. The van der Waals surface area contributed by atoms with E-state index in [4.69, 9.17) is 21.1 Å². The van der Waals surface area contributed by atoms with Crippen LogP contribution in [0.2, 0.25) is 5.02 Å². The van der Waals surface area contributed by atoms with E-state index in [9.17, 15) is 9.59 Å². The fraction of sp³-hybridized carbons (Fsp3) is 0.118. The van der Waals surface area contributed by atoms with E-state index in [-0.39, 0.29) is 18.5 Å². The Hall–Kier alpha value is -2.64. The van der Waals surface area contributed by atoms with E-state index in [1.807, 2.05) is 0 Å². The summed E-state index contributed by atoms with van der Waals surface area (Å²) in [6, 6.07) is 7.06. The van der Waals surface area contributed by atoms with E-state index >= 15 is 0 Å². The zero-order valence-corrected chi connectivity index (χ0v) is 14.3. The summed E-state index contributed by atoms with van der Waals surface area (Å²) in [5, 5.41) is 19.3. The second-order valence-corrected chi connectivity index (χ2v) is 6.75. The number of aromatic nitrogens is 2. The summed E-state index contributed by atoms with van der Waals surface area (Å²) in [4.78, 5) is 23.7. The molecule has 0 spiro atoms. The van der Waals surface area contributed by atoms with Crippen LogP contribution in [0.4, 0.5) is 0 Å². The van der Waals surface area contributed by atoms with Gasteiger partial charge in [-0.05, 0) is 24.3 Å². The molecule has 4 aromatic rings. The molecule has 0 radical (unpaired) electrons. The van der Waals surface area contributed by atoms with Gasteiger partial charge < -0.3 is 9.52 Å². The highest BCUT2D eigenvalue weighted by atomic mass is 35.5. The summed E-state index contributed by atoms with van der Waals surface area (Å²) in [7, 11) is 0. The highest BCUT2D eigenvalue weighted by Gasteiger charge is 2.15. The quantitative estimate of drug-likeness (QED) is 0.590. The van der Waals surface area contributed by atoms with Gasteiger partial charge in [-0.15, -0.1) is 0 Å². The van der Waals surface area contributed by atoms with Gasteiger partial charge in [-0.3, -0.25) is 9.59 Å². The number of nitrogens with zero attached hydrogens (tertiary/aromatic N) is 2. The van der Waals surface area contributed by atoms with Crippen molar-refractivity contribution in [2.75, 3.05) is 0 Å². The van der Waals surface area contributed by atoms with Crippen LogP contribution in [0.3, 0.4) is 0 Å². The predicted octanol–water partition coefficient (Wildman–Crippen LogP) is 3.53. The molecule has 8 heteroatoms. The summed E-state index contributed by atoms with van der Waals surface area (Å²) >= 11 is 7.32. The lowest BCUT2D eigenvalue weighted by Crippen LogP contribution is -2.25. The number of hydrogen-bond acceptors (Lipinski definition) is 5. The summed E-state index contributed by atoms with van der Waals surface area (Å²) in [6.45, 7) is 0.115. The van der Waals surface area contributed by atoms with Crippen molar-refractivity contribution in [2.24, 2.45) is 0 Å². The van der Waals surface area contributed by atoms with E-state index in [2.05, 4.69) is 5.10 Å². The van der Waals surface area contributed by atoms with E-state index in [0.29, 0.717) is 32.8 Å². The van der Waals surface area contributed by atoms with Gasteiger partial charge >= 0.3 is 5.97 Å². The van der Waals surface area contributed by atoms with Crippen molar-refractivity contribution in [1.29, 1.82) is 0 Å². The van der Waals surface area contributed by atoms with E-state index < -0.39 is 5.97 Å². The second kappa shape index (κ2) is 6.02. The van der Waals surface area contributed by atoms with Crippen LogP contribution in [-0.4, -0.2) is 20.9 Å². The molecule has 1 N–H and O–H groups in total. The summed E-state index contributed by atoms with van der Waals surface area (Å²) in [5.74, 6) is -0.453. The third kappa shape index (κ3) is 2.92. The minimum absolute atomic E-state index is 0.115. The molecule has 0 bridgehead atoms. The Morgan fingerprint density at radius 1 is 1.28 bits per heavy atom. The van der Waals surface area contributed by atoms with Crippen molar-refractivity contribution in [1.82, 2.24) is 9.78 Å². The van der Waals surface area contributed by atoms with Gasteiger partial charge in [-0.25, -0.2) is 4.68 Å². The number of halogens is 1. The van der Waals surface area contributed by atoms with Crippen LogP contribution in [0.15, 0.2) is 44.2 Å². The van der Waals surface area contributed by atoms with Gasteiger partial charge in [0.1, 0.15) is 17.9 Å². The predicted molar refractivity (Wildman–Crippen MR) is 95.5 cm³/mol. The van der Waals surface area contributed by atoms with Crippen molar-refractivity contribution >= 4 is 50.6 Å². The van der Waals surface area contributed by atoms with E-state index in [1.165, 1.54) is 16.0 Å². The molecule has 1 aromatic carbocycles. The highest BCUT2D eigenvalue weighted by molar-refractivity contribution is 7.09. The maximum atomic E-state index is 12.6. The molecule has 25 heavy (non-hydrogen) atoms. The number of hydrogen-bond donors (Lipinski definition) is 1. The molecule has 0 saturated carbocycles. The second-order valence-electron chi connectivity index (χ2n) is 5.57. The number of carboxylic acid groups (broad SMARTS) is 1. The van der Waals surface area contributed by atoms with Crippen LogP contribution in [0.5, 0.6) is 0 Å². The molecule has 3 aromatic heterocycles. The highest BCUT2D eigenvalue weighted by Crippen LogP contribution is 2.24. The topological polar surface area (TPSA) is 85.3 Å². The standard InChI is InChI=1S/C17H11ClN2O4S/c18-10-1-2-15-9(3-10)4-11(24-15)6-20-17(23)13-8-25-7-12(13)14(19-20)5-16(21)22/h1-4,7-8H,5-6H2,(H,21,22). The lowest BCUT2D eigenvalue weighted by molar-refractivity contribution is -0.136. The van der Waals surface area contributed by atoms with E-state index in [0.717, 1.165) is 5.39 Å². The van der Waals surface area contributed by atoms with Gasteiger partial charge in [0.25, 0.3) is 5.56 Å². The summed E-state index contributed by atoms with van der Waals surface area (Å²) in [5.41, 5.74) is 0.751.